The van der Waals surface area contributed by atoms with Crippen molar-refractivity contribution >= 4 is 66.9 Å². The Labute approximate surface area is 290 Å². The van der Waals surface area contributed by atoms with Crippen molar-refractivity contribution < 1.29 is 24.3 Å². The fourth-order valence-corrected chi connectivity index (χ4v) is 4.99. The van der Waals surface area contributed by atoms with Crippen LogP contribution in [0.3, 0.4) is 0 Å². The molecule has 4 rings (SSSR count). The van der Waals surface area contributed by atoms with E-state index in [0.717, 1.165) is 45.0 Å². The first-order valence-electron chi connectivity index (χ1n) is 14.7. The number of nitrogens with two attached hydrogens (primary N) is 3. The lowest BCUT2D eigenvalue weighted by atomic mass is 10.1. The van der Waals surface area contributed by atoms with Crippen molar-refractivity contribution in [3.63, 3.8) is 0 Å². The van der Waals surface area contributed by atoms with Gasteiger partial charge >= 0.3 is 5.97 Å². The van der Waals surface area contributed by atoms with Crippen LogP contribution in [-0.2, 0) is 49.4 Å². The second-order valence-corrected chi connectivity index (χ2v) is 12.2. The molecule has 0 radical (unpaired) electrons. The van der Waals surface area contributed by atoms with Gasteiger partial charge in [0.2, 0.25) is 5.91 Å². The van der Waals surface area contributed by atoms with Crippen molar-refractivity contribution in [1.29, 1.82) is 0 Å². The van der Waals surface area contributed by atoms with Crippen LogP contribution in [0.25, 0.3) is 0 Å². The number of benzene rings is 2. The molecule has 2 aromatic carbocycles. The zero-order valence-electron chi connectivity index (χ0n) is 26.7. The summed E-state index contributed by atoms with van der Waals surface area (Å²) in [5, 5.41) is 19.6. The largest absolute Gasteiger partial charge is 0.481 e. The molecule has 8 N–H and O–H groups in total. The van der Waals surface area contributed by atoms with Crippen molar-refractivity contribution in [2.24, 2.45) is 25.6 Å². The van der Waals surface area contributed by atoms with Gasteiger partial charge in [-0.15, -0.1) is 0 Å². The van der Waals surface area contributed by atoms with Gasteiger partial charge in [-0.05, 0) is 48.2 Å². The van der Waals surface area contributed by atoms with E-state index in [1.807, 2.05) is 50.2 Å². The predicted octanol–water partition coefficient (Wildman–Crippen LogP) is 4.55. The Morgan fingerprint density at radius 3 is 1.60 bits per heavy atom. The quantitative estimate of drug-likeness (QED) is 0.145. The highest BCUT2D eigenvalue weighted by molar-refractivity contribution is 9.10. The third-order valence-electron chi connectivity index (χ3n) is 6.53. The molecule has 0 aliphatic rings. The van der Waals surface area contributed by atoms with Crippen molar-refractivity contribution in [3.05, 3.63) is 91.4 Å². The number of nitrogens with zero attached hydrogens (tertiary/aromatic N) is 4. The summed E-state index contributed by atoms with van der Waals surface area (Å²) in [5.41, 5.74) is 20.7. The standard InChI is InChI=1S/C16H19BrN4O2.C8H7BrO2.C8H14N4O/c1-3-4-12-14(15(16(18)23)21(2)20-12)19-13(22)9-10-5-7-11(17)8-6-10;9-7-3-1-6(2-4-7)5-8(10)11;1-3-4-5-6(9)7(8(10)13)12(2)11-5/h5-8H,3-4,9H2,1-2H3,(H2,18,23)(H,19,22);1-4H,5H2,(H,10,11);3-4,9H2,1-2H3,(H2,10,13). The minimum Gasteiger partial charge on any atom is -0.481 e. The lowest BCUT2D eigenvalue weighted by Crippen LogP contribution is -2.21. The molecule has 2 aromatic heterocycles. The van der Waals surface area contributed by atoms with Gasteiger partial charge in [-0.1, -0.05) is 82.8 Å². The highest BCUT2D eigenvalue weighted by Crippen LogP contribution is 2.22. The molecule has 4 aromatic rings. The van der Waals surface area contributed by atoms with Crippen molar-refractivity contribution in [2.45, 2.75) is 52.4 Å². The molecular formula is C32H40Br2N8O5. The van der Waals surface area contributed by atoms with Crippen LogP contribution in [0.15, 0.2) is 57.5 Å². The van der Waals surface area contributed by atoms with E-state index in [1.54, 1.807) is 26.2 Å². The zero-order chi connectivity index (χ0) is 35.3. The average Bonchev–Trinajstić information content (AvgIpc) is 3.45. The first-order valence-corrected chi connectivity index (χ1v) is 16.2. The van der Waals surface area contributed by atoms with Gasteiger partial charge in [0.1, 0.15) is 11.4 Å². The molecule has 0 unspecified atom stereocenters. The van der Waals surface area contributed by atoms with Crippen LogP contribution in [0.1, 0.15) is 70.2 Å². The van der Waals surface area contributed by atoms with E-state index in [2.05, 4.69) is 47.4 Å². The number of aryl methyl sites for hydroxylation is 4. The van der Waals surface area contributed by atoms with E-state index < -0.39 is 17.8 Å². The number of carboxylic acids is 1. The topological polar surface area (TPSA) is 214 Å². The second kappa shape index (κ2) is 18.6. The third kappa shape index (κ3) is 12.0. The van der Waals surface area contributed by atoms with Gasteiger partial charge in [0.15, 0.2) is 0 Å². The molecule has 0 spiro atoms. The molecule has 13 nitrogen and oxygen atoms in total. The molecule has 3 amide bonds. The Morgan fingerprint density at radius 2 is 1.17 bits per heavy atom. The normalized spacial score (nSPS) is 10.3. The maximum atomic E-state index is 12.3. The fraction of sp³-hybridized carbons (Fsp3) is 0.312. The number of rotatable bonds is 11. The molecule has 0 aliphatic heterocycles. The summed E-state index contributed by atoms with van der Waals surface area (Å²) in [6.45, 7) is 4.03. The molecule has 0 bridgehead atoms. The lowest BCUT2D eigenvalue weighted by molar-refractivity contribution is -0.136. The molecule has 0 aliphatic carbocycles. The smallest absolute Gasteiger partial charge is 0.307 e. The van der Waals surface area contributed by atoms with Crippen LogP contribution in [0.4, 0.5) is 11.4 Å². The summed E-state index contributed by atoms with van der Waals surface area (Å²) in [6.07, 6.45) is 3.53. The number of nitrogens with one attached hydrogen (secondary N) is 1. The molecule has 0 fully saturated rings. The van der Waals surface area contributed by atoms with Crippen molar-refractivity contribution in [3.8, 4) is 0 Å². The Balaban J connectivity index is 0.000000270. The van der Waals surface area contributed by atoms with E-state index in [0.29, 0.717) is 29.2 Å². The Bertz CT molecular complexity index is 1680. The molecule has 0 atom stereocenters. The summed E-state index contributed by atoms with van der Waals surface area (Å²) in [4.78, 5) is 45.1. The first-order chi connectivity index (χ1) is 22.2. The van der Waals surface area contributed by atoms with E-state index in [4.69, 9.17) is 22.3 Å². The maximum absolute atomic E-state index is 12.3. The van der Waals surface area contributed by atoms with Crippen LogP contribution < -0.4 is 22.5 Å². The number of aliphatic carboxylic acids is 1. The van der Waals surface area contributed by atoms with E-state index in [1.165, 1.54) is 9.36 Å². The molecule has 0 saturated carbocycles. The zero-order valence-corrected chi connectivity index (χ0v) is 29.9. The number of hydrogen-bond acceptors (Lipinski definition) is 7. The molecule has 15 heteroatoms. The van der Waals surface area contributed by atoms with Gasteiger partial charge in [0.05, 0.1) is 35.6 Å². The van der Waals surface area contributed by atoms with Crippen LogP contribution in [0, 0.1) is 0 Å². The number of aromatic nitrogens is 4. The van der Waals surface area contributed by atoms with Gasteiger partial charge in [0.25, 0.3) is 11.8 Å². The van der Waals surface area contributed by atoms with E-state index in [9.17, 15) is 19.2 Å². The number of carboxylic acid groups (broad SMARTS) is 1. The highest BCUT2D eigenvalue weighted by Gasteiger charge is 2.21. The number of primary amides is 2. The highest BCUT2D eigenvalue weighted by atomic mass is 79.9. The monoisotopic (exact) mass is 774 g/mol. The third-order valence-corrected chi connectivity index (χ3v) is 7.59. The molecular weight excluding hydrogens is 736 g/mol. The number of hydrogen-bond donors (Lipinski definition) is 5. The maximum Gasteiger partial charge on any atom is 0.307 e. The summed E-state index contributed by atoms with van der Waals surface area (Å²) in [5.74, 6) is -2.15. The Hall–Kier alpha value is -4.50. The van der Waals surface area contributed by atoms with E-state index in [-0.39, 0.29) is 24.4 Å². The number of carbonyl (C=O) groups is 4. The summed E-state index contributed by atoms with van der Waals surface area (Å²) in [7, 11) is 3.30. The van der Waals surface area contributed by atoms with Crippen LogP contribution in [0.2, 0.25) is 0 Å². The Morgan fingerprint density at radius 1 is 0.745 bits per heavy atom. The number of carbonyl (C=O) groups excluding carboxylic acids is 3. The summed E-state index contributed by atoms with van der Waals surface area (Å²) >= 11 is 6.62. The van der Waals surface area contributed by atoms with Gasteiger partial charge in [-0.2, -0.15) is 10.2 Å². The first kappa shape index (κ1) is 38.7. The van der Waals surface area contributed by atoms with Gasteiger partial charge in [0, 0.05) is 23.0 Å². The number of amides is 3. The predicted molar refractivity (Wildman–Crippen MR) is 188 cm³/mol. The van der Waals surface area contributed by atoms with Gasteiger partial charge < -0.3 is 27.6 Å². The van der Waals surface area contributed by atoms with E-state index >= 15 is 0 Å². The van der Waals surface area contributed by atoms with Crippen LogP contribution >= 0.6 is 31.9 Å². The number of anilines is 2. The van der Waals surface area contributed by atoms with Crippen molar-refractivity contribution in [1.82, 2.24) is 19.6 Å². The molecule has 2 heterocycles. The summed E-state index contributed by atoms with van der Waals surface area (Å²) in [6, 6.07) is 14.7. The SMILES string of the molecule is CCCc1nn(C)c(C(N)=O)c1N.CCCc1nn(C)c(C(N)=O)c1NC(=O)Cc1ccc(Br)cc1.O=C(O)Cc1ccc(Br)cc1. The minimum atomic E-state index is -0.799. The summed E-state index contributed by atoms with van der Waals surface area (Å²) < 4.78 is 4.77. The molecule has 47 heavy (non-hydrogen) atoms. The van der Waals surface area contributed by atoms with Crippen molar-refractivity contribution in [2.75, 3.05) is 11.1 Å². The van der Waals surface area contributed by atoms with Crippen LogP contribution in [-0.4, -0.2) is 48.4 Å². The fourth-order valence-electron chi connectivity index (χ4n) is 4.46. The number of nitrogen functional groups attached to an aromatic ring is 1. The second-order valence-electron chi connectivity index (χ2n) is 10.4. The van der Waals surface area contributed by atoms with Gasteiger partial charge in [-0.25, -0.2) is 0 Å². The Kier molecular flexibility index (Phi) is 15.3. The lowest BCUT2D eigenvalue weighted by Gasteiger charge is -2.07. The molecule has 0 saturated heterocycles. The number of halogens is 2. The van der Waals surface area contributed by atoms with Gasteiger partial charge in [-0.3, -0.25) is 28.5 Å². The minimum absolute atomic E-state index is 0.0906. The van der Waals surface area contributed by atoms with Crippen LogP contribution in [0.5, 0.6) is 0 Å². The average molecular weight is 777 g/mol. The molecule has 252 valence electrons.